The predicted molar refractivity (Wildman–Crippen MR) is 73.3 cm³/mol. The Balaban J connectivity index is 2.36. The van der Waals surface area contributed by atoms with Crippen LogP contribution in [0.1, 0.15) is 23.5 Å². The molecule has 0 N–H and O–H groups in total. The fraction of sp³-hybridized carbons (Fsp3) is 0.133. The van der Waals surface area contributed by atoms with Gasteiger partial charge in [0.25, 0.3) is 0 Å². The standard InChI is InChI=1S/C15H14OS/c16-15(17)11-14(12-7-3-1-4-8-12)13-9-5-2-6-10-13/h1-10,14H,11H2,(H,16,17). The topological polar surface area (TPSA) is 17.1 Å². The first-order valence-electron chi connectivity index (χ1n) is 5.59. The molecule has 0 bridgehead atoms. The largest absolute Gasteiger partial charge is 0.287 e. The summed E-state index contributed by atoms with van der Waals surface area (Å²) in [6, 6.07) is 20.1. The van der Waals surface area contributed by atoms with Gasteiger partial charge in [0.15, 0.2) is 5.12 Å². The van der Waals surface area contributed by atoms with Crippen molar-refractivity contribution in [3.8, 4) is 0 Å². The van der Waals surface area contributed by atoms with Crippen LogP contribution < -0.4 is 0 Å². The third kappa shape index (κ3) is 3.21. The van der Waals surface area contributed by atoms with Gasteiger partial charge in [-0.2, -0.15) is 0 Å². The highest BCUT2D eigenvalue weighted by Gasteiger charge is 2.15. The summed E-state index contributed by atoms with van der Waals surface area (Å²) in [7, 11) is 0. The van der Waals surface area contributed by atoms with Crippen LogP contribution in [-0.4, -0.2) is 5.12 Å². The van der Waals surface area contributed by atoms with Crippen LogP contribution in [0.4, 0.5) is 0 Å². The van der Waals surface area contributed by atoms with Gasteiger partial charge in [0.05, 0.1) is 0 Å². The highest BCUT2D eigenvalue weighted by molar-refractivity contribution is 7.96. The van der Waals surface area contributed by atoms with Gasteiger partial charge in [-0.1, -0.05) is 60.7 Å². The molecule has 0 atom stereocenters. The molecular formula is C15H14OS. The van der Waals surface area contributed by atoms with Crippen molar-refractivity contribution in [1.29, 1.82) is 0 Å². The van der Waals surface area contributed by atoms with Crippen LogP contribution in [0.5, 0.6) is 0 Å². The summed E-state index contributed by atoms with van der Waals surface area (Å²) in [6.45, 7) is 0. The zero-order chi connectivity index (χ0) is 12.1. The molecule has 2 heteroatoms. The van der Waals surface area contributed by atoms with E-state index >= 15 is 0 Å². The molecule has 2 aromatic carbocycles. The van der Waals surface area contributed by atoms with E-state index in [2.05, 4.69) is 12.6 Å². The number of carbonyl (C=O) groups is 1. The second-order valence-corrected chi connectivity index (χ2v) is 4.47. The molecule has 17 heavy (non-hydrogen) atoms. The second-order valence-electron chi connectivity index (χ2n) is 3.97. The van der Waals surface area contributed by atoms with Gasteiger partial charge >= 0.3 is 0 Å². The Bertz CT molecular complexity index is 439. The molecule has 1 nitrogen and oxygen atoms in total. The monoisotopic (exact) mass is 242 g/mol. The van der Waals surface area contributed by atoms with Gasteiger partial charge in [0.1, 0.15) is 0 Å². The molecule has 0 heterocycles. The number of benzene rings is 2. The Morgan fingerprint density at radius 3 is 1.65 bits per heavy atom. The number of thiol groups is 1. The van der Waals surface area contributed by atoms with Crippen LogP contribution in [-0.2, 0) is 4.79 Å². The van der Waals surface area contributed by atoms with Gasteiger partial charge in [0, 0.05) is 12.3 Å². The van der Waals surface area contributed by atoms with E-state index in [0.29, 0.717) is 6.42 Å². The average molecular weight is 242 g/mol. The molecule has 2 rings (SSSR count). The van der Waals surface area contributed by atoms with E-state index in [-0.39, 0.29) is 11.0 Å². The Morgan fingerprint density at radius 2 is 1.29 bits per heavy atom. The van der Waals surface area contributed by atoms with E-state index in [0.717, 1.165) is 11.1 Å². The van der Waals surface area contributed by atoms with Gasteiger partial charge in [0.2, 0.25) is 0 Å². The maximum Gasteiger partial charge on any atom is 0.186 e. The summed E-state index contributed by atoms with van der Waals surface area (Å²) in [4.78, 5) is 11.3. The van der Waals surface area contributed by atoms with Crippen LogP contribution in [0.25, 0.3) is 0 Å². The third-order valence-electron chi connectivity index (χ3n) is 2.78. The third-order valence-corrected chi connectivity index (χ3v) is 2.97. The van der Waals surface area contributed by atoms with Crippen molar-refractivity contribution >= 4 is 17.7 Å². The van der Waals surface area contributed by atoms with E-state index in [1.807, 2.05) is 60.7 Å². The zero-order valence-corrected chi connectivity index (χ0v) is 10.3. The number of hydrogen-bond donors (Lipinski definition) is 1. The van der Waals surface area contributed by atoms with Crippen molar-refractivity contribution in [2.75, 3.05) is 0 Å². The lowest BCUT2D eigenvalue weighted by Crippen LogP contribution is -2.04. The molecule has 0 amide bonds. The second kappa shape index (κ2) is 5.69. The molecule has 0 aliphatic heterocycles. The van der Waals surface area contributed by atoms with Crippen molar-refractivity contribution in [3.63, 3.8) is 0 Å². The number of carbonyl (C=O) groups excluding carboxylic acids is 1. The predicted octanol–water partition coefficient (Wildman–Crippen LogP) is 3.67. The van der Waals surface area contributed by atoms with Crippen LogP contribution in [0.2, 0.25) is 0 Å². The zero-order valence-electron chi connectivity index (χ0n) is 9.41. The molecule has 0 aliphatic rings. The van der Waals surface area contributed by atoms with E-state index < -0.39 is 0 Å². The average Bonchev–Trinajstić information content (AvgIpc) is 2.38. The Hall–Kier alpha value is -1.54. The fourth-order valence-corrected chi connectivity index (χ4v) is 2.16. The lowest BCUT2D eigenvalue weighted by atomic mass is 9.89. The van der Waals surface area contributed by atoms with Gasteiger partial charge in [-0.15, -0.1) is 12.6 Å². The molecule has 0 radical (unpaired) electrons. The minimum absolute atomic E-state index is 0.0808. The van der Waals surface area contributed by atoms with E-state index in [9.17, 15) is 4.79 Å². The molecule has 0 spiro atoms. The lowest BCUT2D eigenvalue weighted by Gasteiger charge is -2.16. The molecule has 0 fully saturated rings. The molecule has 0 saturated heterocycles. The van der Waals surface area contributed by atoms with Crippen molar-refractivity contribution in [2.24, 2.45) is 0 Å². The highest BCUT2D eigenvalue weighted by Crippen LogP contribution is 2.28. The quantitative estimate of drug-likeness (QED) is 0.810. The molecule has 0 unspecified atom stereocenters. The van der Waals surface area contributed by atoms with E-state index in [1.54, 1.807) is 0 Å². The van der Waals surface area contributed by atoms with Gasteiger partial charge in [-0.3, -0.25) is 4.79 Å². The van der Waals surface area contributed by atoms with Crippen molar-refractivity contribution in [3.05, 3.63) is 71.8 Å². The van der Waals surface area contributed by atoms with Crippen molar-refractivity contribution in [2.45, 2.75) is 12.3 Å². The summed E-state index contributed by atoms with van der Waals surface area (Å²) in [5, 5.41) is -0.0808. The summed E-state index contributed by atoms with van der Waals surface area (Å²) in [5.74, 6) is 0.0994. The van der Waals surface area contributed by atoms with Crippen LogP contribution in [0.3, 0.4) is 0 Å². The first-order valence-corrected chi connectivity index (χ1v) is 6.04. The minimum atomic E-state index is -0.0808. The maximum absolute atomic E-state index is 11.3. The van der Waals surface area contributed by atoms with E-state index in [1.165, 1.54) is 0 Å². The van der Waals surface area contributed by atoms with Crippen LogP contribution in [0, 0.1) is 0 Å². The first-order chi connectivity index (χ1) is 8.27. The molecule has 0 saturated carbocycles. The number of rotatable bonds is 4. The fourth-order valence-electron chi connectivity index (χ4n) is 1.97. The first kappa shape index (κ1) is 11.9. The summed E-state index contributed by atoms with van der Waals surface area (Å²) < 4.78 is 0. The van der Waals surface area contributed by atoms with Crippen molar-refractivity contribution in [1.82, 2.24) is 0 Å². The lowest BCUT2D eigenvalue weighted by molar-refractivity contribution is -0.111. The maximum atomic E-state index is 11.3. The highest BCUT2D eigenvalue weighted by atomic mass is 32.1. The summed E-state index contributed by atoms with van der Waals surface area (Å²) >= 11 is 3.90. The number of hydrogen-bond acceptors (Lipinski definition) is 1. The van der Waals surface area contributed by atoms with Gasteiger partial charge in [-0.05, 0) is 11.1 Å². The van der Waals surface area contributed by atoms with E-state index in [4.69, 9.17) is 0 Å². The van der Waals surface area contributed by atoms with Crippen LogP contribution >= 0.6 is 12.6 Å². The minimum Gasteiger partial charge on any atom is -0.287 e. The van der Waals surface area contributed by atoms with Gasteiger partial charge < -0.3 is 0 Å². The molecule has 0 aliphatic carbocycles. The Morgan fingerprint density at radius 1 is 0.882 bits per heavy atom. The summed E-state index contributed by atoms with van der Waals surface area (Å²) in [5.41, 5.74) is 2.31. The Kier molecular flexibility index (Phi) is 3.99. The normalized spacial score (nSPS) is 10.5. The van der Waals surface area contributed by atoms with Gasteiger partial charge in [-0.25, -0.2) is 0 Å². The molecule has 2 aromatic rings. The molecular weight excluding hydrogens is 228 g/mol. The smallest absolute Gasteiger partial charge is 0.186 e. The summed E-state index contributed by atoms with van der Waals surface area (Å²) in [6.07, 6.45) is 0.428. The molecule has 86 valence electrons. The SMILES string of the molecule is O=C(S)CC(c1ccccc1)c1ccccc1. The van der Waals surface area contributed by atoms with Crippen molar-refractivity contribution < 1.29 is 4.79 Å². The molecule has 0 aromatic heterocycles. The van der Waals surface area contributed by atoms with Crippen LogP contribution in [0.15, 0.2) is 60.7 Å². The Labute approximate surface area is 107 Å².